The van der Waals surface area contributed by atoms with Gasteiger partial charge in [-0.1, -0.05) is 18.2 Å². The summed E-state index contributed by atoms with van der Waals surface area (Å²) < 4.78 is 5.58. The van der Waals surface area contributed by atoms with Crippen molar-refractivity contribution >= 4 is 5.69 Å². The van der Waals surface area contributed by atoms with Gasteiger partial charge in [-0.25, -0.2) is 0 Å². The largest absolute Gasteiger partial charge is 0.384 e. The van der Waals surface area contributed by atoms with E-state index in [1.54, 1.807) is 0 Å². The minimum Gasteiger partial charge on any atom is -0.384 e. The van der Waals surface area contributed by atoms with Gasteiger partial charge < -0.3 is 15.4 Å². The number of anilines is 1. The van der Waals surface area contributed by atoms with Gasteiger partial charge in [-0.3, -0.25) is 0 Å². The van der Waals surface area contributed by atoms with Crippen molar-refractivity contribution in [2.24, 2.45) is 0 Å². The maximum atomic E-state index is 5.58. The molecule has 1 aromatic carbocycles. The molecule has 1 saturated carbocycles. The lowest BCUT2D eigenvalue weighted by Gasteiger charge is -2.36. The first kappa shape index (κ1) is 12.0. The van der Waals surface area contributed by atoms with Gasteiger partial charge in [0.05, 0.1) is 6.10 Å². The van der Waals surface area contributed by atoms with E-state index >= 15 is 0 Å². The van der Waals surface area contributed by atoms with E-state index in [-0.39, 0.29) is 0 Å². The van der Waals surface area contributed by atoms with E-state index in [2.05, 4.69) is 41.8 Å². The number of fused-ring (bicyclic) bond motifs is 1. The Balaban J connectivity index is 1.46. The van der Waals surface area contributed by atoms with Crippen LogP contribution in [0.5, 0.6) is 0 Å². The fourth-order valence-electron chi connectivity index (χ4n) is 2.95. The van der Waals surface area contributed by atoms with Crippen LogP contribution in [0, 0.1) is 0 Å². The van der Waals surface area contributed by atoms with Crippen molar-refractivity contribution in [1.29, 1.82) is 0 Å². The lowest BCUT2D eigenvalue weighted by atomic mass is 9.88. The van der Waals surface area contributed by atoms with Crippen LogP contribution in [-0.2, 0) is 4.74 Å². The van der Waals surface area contributed by atoms with E-state index in [0.717, 1.165) is 19.7 Å². The molecule has 3 heteroatoms. The van der Waals surface area contributed by atoms with E-state index in [1.807, 2.05) is 0 Å². The highest BCUT2D eigenvalue weighted by Gasteiger charge is 2.30. The van der Waals surface area contributed by atoms with Crippen LogP contribution in [0.3, 0.4) is 0 Å². The minimum absolute atomic E-state index is 0.501. The second kappa shape index (κ2) is 5.29. The van der Waals surface area contributed by atoms with Gasteiger partial charge >= 0.3 is 0 Å². The highest BCUT2D eigenvalue weighted by atomic mass is 16.5. The first-order chi connectivity index (χ1) is 8.86. The zero-order valence-electron chi connectivity index (χ0n) is 11.0. The summed E-state index contributed by atoms with van der Waals surface area (Å²) >= 11 is 0. The Hall–Kier alpha value is -1.06. The summed E-state index contributed by atoms with van der Waals surface area (Å²) in [5.74, 6) is 0.618. The van der Waals surface area contributed by atoms with Gasteiger partial charge in [0.1, 0.15) is 0 Å². The van der Waals surface area contributed by atoms with Gasteiger partial charge in [-0.15, -0.1) is 0 Å². The van der Waals surface area contributed by atoms with E-state index in [0.29, 0.717) is 18.1 Å². The molecule has 2 N–H and O–H groups in total. The van der Waals surface area contributed by atoms with E-state index in [1.165, 1.54) is 24.1 Å². The van der Waals surface area contributed by atoms with Gasteiger partial charge in [0.15, 0.2) is 0 Å². The molecule has 1 heterocycles. The number of rotatable bonds is 5. The predicted molar refractivity (Wildman–Crippen MR) is 74.1 cm³/mol. The number of hydrogen-bond acceptors (Lipinski definition) is 3. The number of para-hydroxylation sites is 1. The van der Waals surface area contributed by atoms with Crippen molar-refractivity contribution < 1.29 is 4.74 Å². The van der Waals surface area contributed by atoms with Gasteiger partial charge in [0.25, 0.3) is 0 Å². The first-order valence-electron chi connectivity index (χ1n) is 7.04. The Morgan fingerprint density at radius 2 is 2.17 bits per heavy atom. The van der Waals surface area contributed by atoms with Crippen molar-refractivity contribution in [3.05, 3.63) is 29.8 Å². The highest BCUT2D eigenvalue weighted by molar-refractivity contribution is 5.57. The molecular formula is C15H22N2O. The summed E-state index contributed by atoms with van der Waals surface area (Å²) in [5.41, 5.74) is 2.77. The zero-order valence-corrected chi connectivity index (χ0v) is 11.0. The van der Waals surface area contributed by atoms with E-state index in [9.17, 15) is 0 Å². The molecule has 3 rings (SSSR count). The van der Waals surface area contributed by atoms with Crippen LogP contribution < -0.4 is 10.6 Å². The Morgan fingerprint density at radius 1 is 1.33 bits per heavy atom. The van der Waals surface area contributed by atoms with Crippen LogP contribution in [0.25, 0.3) is 0 Å². The molecular weight excluding hydrogens is 224 g/mol. The molecule has 18 heavy (non-hydrogen) atoms. The summed E-state index contributed by atoms with van der Waals surface area (Å²) in [6, 6.07) is 9.30. The van der Waals surface area contributed by atoms with Crippen molar-refractivity contribution in [2.45, 2.75) is 37.8 Å². The lowest BCUT2D eigenvalue weighted by Crippen LogP contribution is -2.46. The molecule has 1 aromatic rings. The fourth-order valence-corrected chi connectivity index (χ4v) is 2.95. The topological polar surface area (TPSA) is 33.3 Å². The SMILES string of the molecule is CCOC1CC(NCC2CNc3ccccc32)C1. The second-order valence-corrected chi connectivity index (χ2v) is 5.32. The Labute approximate surface area is 109 Å². The first-order valence-corrected chi connectivity index (χ1v) is 7.04. The quantitative estimate of drug-likeness (QED) is 0.836. The zero-order chi connectivity index (χ0) is 12.4. The van der Waals surface area contributed by atoms with Crippen molar-refractivity contribution in [3.8, 4) is 0 Å². The molecule has 2 aliphatic rings. The summed E-state index contributed by atoms with van der Waals surface area (Å²) in [7, 11) is 0. The second-order valence-electron chi connectivity index (χ2n) is 5.32. The molecule has 0 radical (unpaired) electrons. The van der Waals surface area contributed by atoms with Crippen molar-refractivity contribution in [2.75, 3.05) is 25.0 Å². The maximum Gasteiger partial charge on any atom is 0.0604 e. The molecule has 0 aromatic heterocycles. The number of hydrogen-bond donors (Lipinski definition) is 2. The molecule has 0 saturated heterocycles. The normalized spacial score (nSPS) is 29.5. The average Bonchev–Trinajstić information content (AvgIpc) is 2.75. The molecule has 1 atom stereocenters. The highest BCUT2D eigenvalue weighted by Crippen LogP contribution is 2.31. The van der Waals surface area contributed by atoms with Crippen LogP contribution >= 0.6 is 0 Å². The van der Waals surface area contributed by atoms with Gasteiger partial charge in [0, 0.05) is 37.3 Å². The predicted octanol–water partition coefficient (Wildman–Crippen LogP) is 2.35. The molecule has 98 valence electrons. The minimum atomic E-state index is 0.501. The fraction of sp³-hybridized carbons (Fsp3) is 0.600. The molecule has 3 nitrogen and oxygen atoms in total. The third-order valence-corrected chi connectivity index (χ3v) is 4.09. The summed E-state index contributed by atoms with van der Waals surface area (Å²) in [6.45, 7) is 5.06. The summed E-state index contributed by atoms with van der Waals surface area (Å²) in [5, 5.41) is 7.14. The maximum absolute atomic E-state index is 5.58. The van der Waals surface area contributed by atoms with Gasteiger partial charge in [-0.2, -0.15) is 0 Å². The Morgan fingerprint density at radius 3 is 3.00 bits per heavy atom. The smallest absolute Gasteiger partial charge is 0.0604 e. The number of nitrogens with one attached hydrogen (secondary N) is 2. The lowest BCUT2D eigenvalue weighted by molar-refractivity contribution is -0.00993. The average molecular weight is 246 g/mol. The Bertz CT molecular complexity index is 401. The third-order valence-electron chi connectivity index (χ3n) is 4.09. The molecule has 1 aliphatic heterocycles. The van der Waals surface area contributed by atoms with Crippen molar-refractivity contribution in [3.63, 3.8) is 0 Å². The number of ether oxygens (including phenoxy) is 1. The standard InChI is InChI=1S/C15H22N2O/c1-2-18-13-7-12(8-13)16-9-11-10-17-15-6-4-3-5-14(11)15/h3-6,11-13,16-17H,2,7-10H2,1H3. The van der Waals surface area contributed by atoms with Gasteiger partial charge in [-0.05, 0) is 31.4 Å². The monoisotopic (exact) mass is 246 g/mol. The van der Waals surface area contributed by atoms with Crippen LogP contribution in [0.1, 0.15) is 31.2 Å². The molecule has 1 unspecified atom stereocenters. The van der Waals surface area contributed by atoms with Crippen LogP contribution in [0.15, 0.2) is 24.3 Å². The Kier molecular flexibility index (Phi) is 3.52. The molecule has 1 aliphatic carbocycles. The van der Waals surface area contributed by atoms with Crippen LogP contribution in [0.4, 0.5) is 5.69 Å². The molecule has 0 spiro atoms. The van der Waals surface area contributed by atoms with Crippen molar-refractivity contribution in [1.82, 2.24) is 5.32 Å². The van der Waals surface area contributed by atoms with Gasteiger partial charge in [0.2, 0.25) is 0 Å². The van der Waals surface area contributed by atoms with Crippen LogP contribution in [-0.4, -0.2) is 31.8 Å². The number of benzene rings is 1. The van der Waals surface area contributed by atoms with E-state index < -0.39 is 0 Å². The van der Waals surface area contributed by atoms with E-state index in [4.69, 9.17) is 4.74 Å². The molecule has 0 bridgehead atoms. The summed E-state index contributed by atoms with van der Waals surface area (Å²) in [4.78, 5) is 0. The molecule has 1 fully saturated rings. The third kappa shape index (κ3) is 2.38. The molecule has 0 amide bonds. The van der Waals surface area contributed by atoms with Crippen LogP contribution in [0.2, 0.25) is 0 Å². The summed E-state index contributed by atoms with van der Waals surface area (Å²) in [6.07, 6.45) is 2.85.